The summed E-state index contributed by atoms with van der Waals surface area (Å²) in [6, 6.07) is 7.14. The van der Waals surface area contributed by atoms with E-state index < -0.39 is 0 Å². The van der Waals surface area contributed by atoms with Gasteiger partial charge in [-0.25, -0.2) is 0 Å². The van der Waals surface area contributed by atoms with Gasteiger partial charge >= 0.3 is 0 Å². The number of pyridine rings is 2. The molecule has 2 aromatic heterocycles. The lowest BCUT2D eigenvalue weighted by Gasteiger charge is -2.04. The predicted molar refractivity (Wildman–Crippen MR) is 65.5 cm³/mol. The van der Waals surface area contributed by atoms with Gasteiger partial charge < -0.3 is 5.32 Å². The Morgan fingerprint density at radius 3 is 2.94 bits per heavy atom. The number of hydrogen-bond acceptors (Lipinski definition) is 4. The first-order valence-electron chi connectivity index (χ1n) is 5.32. The van der Waals surface area contributed by atoms with Gasteiger partial charge in [-0.3, -0.25) is 14.8 Å². The van der Waals surface area contributed by atoms with Crippen LogP contribution in [0.15, 0.2) is 43.0 Å². The third kappa shape index (κ3) is 3.12. The Kier molecular flexibility index (Phi) is 3.62. The van der Waals surface area contributed by atoms with Crippen molar-refractivity contribution in [2.24, 2.45) is 0 Å². The summed E-state index contributed by atoms with van der Waals surface area (Å²) < 4.78 is 0. The summed E-state index contributed by atoms with van der Waals surface area (Å²) in [5.41, 5.74) is 1.80. The van der Waals surface area contributed by atoms with Gasteiger partial charge in [-0.2, -0.15) is 5.26 Å². The second kappa shape index (κ2) is 5.55. The predicted octanol–water partition coefficient (Wildman–Crippen LogP) is 1.53. The number of amides is 1. The summed E-state index contributed by atoms with van der Waals surface area (Å²) in [5, 5.41) is 11.4. The Bertz CT molecular complexity index is 589. The fourth-order valence-electron chi connectivity index (χ4n) is 1.47. The van der Waals surface area contributed by atoms with Gasteiger partial charge in [-0.15, -0.1) is 0 Å². The lowest BCUT2D eigenvalue weighted by molar-refractivity contribution is -0.115. The Balaban J connectivity index is 2.01. The number of carbonyl (C=O) groups is 1. The molecule has 0 aliphatic carbocycles. The summed E-state index contributed by atoms with van der Waals surface area (Å²) in [6.45, 7) is 0. The van der Waals surface area contributed by atoms with E-state index >= 15 is 0 Å². The van der Waals surface area contributed by atoms with Crippen LogP contribution in [0.25, 0.3) is 0 Å². The normalized spacial score (nSPS) is 9.50. The summed E-state index contributed by atoms with van der Waals surface area (Å²) in [5.74, 6) is -0.167. The molecule has 5 heteroatoms. The zero-order chi connectivity index (χ0) is 12.8. The van der Waals surface area contributed by atoms with Crippen LogP contribution in [0, 0.1) is 11.3 Å². The van der Waals surface area contributed by atoms with Crippen LogP contribution in [0.2, 0.25) is 0 Å². The summed E-state index contributed by atoms with van der Waals surface area (Å²) >= 11 is 0. The van der Waals surface area contributed by atoms with Crippen molar-refractivity contribution in [3.63, 3.8) is 0 Å². The zero-order valence-corrected chi connectivity index (χ0v) is 9.50. The molecule has 1 amide bonds. The molecule has 18 heavy (non-hydrogen) atoms. The van der Waals surface area contributed by atoms with Crippen molar-refractivity contribution in [1.82, 2.24) is 9.97 Å². The number of rotatable bonds is 3. The van der Waals surface area contributed by atoms with E-state index in [9.17, 15) is 4.79 Å². The van der Waals surface area contributed by atoms with Crippen LogP contribution in [0.3, 0.4) is 0 Å². The van der Waals surface area contributed by atoms with Gasteiger partial charge in [0, 0.05) is 18.6 Å². The molecule has 2 aromatic rings. The third-order valence-corrected chi connectivity index (χ3v) is 2.23. The smallest absolute Gasteiger partial charge is 0.228 e. The van der Waals surface area contributed by atoms with Crippen LogP contribution in [0.4, 0.5) is 5.69 Å². The van der Waals surface area contributed by atoms with Crippen molar-refractivity contribution >= 4 is 11.6 Å². The first-order valence-corrected chi connectivity index (χ1v) is 5.32. The molecule has 0 unspecified atom stereocenters. The third-order valence-electron chi connectivity index (χ3n) is 2.23. The average Bonchev–Trinajstić information content (AvgIpc) is 2.40. The minimum atomic E-state index is -0.167. The lowest BCUT2D eigenvalue weighted by atomic mass is 10.1. The molecular weight excluding hydrogens is 228 g/mol. The van der Waals surface area contributed by atoms with E-state index in [0.717, 1.165) is 0 Å². The average molecular weight is 238 g/mol. The molecule has 0 aliphatic rings. The SMILES string of the molecule is N#Cc1cncc(CC(=O)Nc2cccnc2)c1. The highest BCUT2D eigenvalue weighted by atomic mass is 16.1. The van der Waals surface area contributed by atoms with Crippen molar-refractivity contribution in [1.29, 1.82) is 5.26 Å². The quantitative estimate of drug-likeness (QED) is 0.879. The Labute approximate surface area is 104 Å². The van der Waals surface area contributed by atoms with Crippen LogP contribution in [-0.2, 0) is 11.2 Å². The van der Waals surface area contributed by atoms with Gasteiger partial charge in [0.1, 0.15) is 6.07 Å². The molecule has 88 valence electrons. The molecule has 0 aliphatic heterocycles. The van der Waals surface area contributed by atoms with E-state index in [4.69, 9.17) is 5.26 Å². The number of carbonyl (C=O) groups excluding carboxylic acids is 1. The van der Waals surface area contributed by atoms with Crippen LogP contribution < -0.4 is 5.32 Å². The maximum absolute atomic E-state index is 11.7. The van der Waals surface area contributed by atoms with Gasteiger partial charge in [0.2, 0.25) is 5.91 Å². The van der Waals surface area contributed by atoms with Gasteiger partial charge in [0.05, 0.1) is 23.9 Å². The molecule has 0 aromatic carbocycles. The van der Waals surface area contributed by atoms with Crippen LogP contribution in [0.5, 0.6) is 0 Å². The molecule has 0 spiro atoms. The maximum Gasteiger partial charge on any atom is 0.228 e. The second-order valence-electron chi connectivity index (χ2n) is 3.66. The highest BCUT2D eigenvalue weighted by molar-refractivity contribution is 5.92. The molecule has 0 fully saturated rings. The van der Waals surface area contributed by atoms with Crippen molar-refractivity contribution in [3.8, 4) is 6.07 Å². The van der Waals surface area contributed by atoms with E-state index in [1.54, 1.807) is 36.8 Å². The number of nitriles is 1. The molecule has 2 rings (SSSR count). The van der Waals surface area contributed by atoms with Gasteiger partial charge in [0.25, 0.3) is 0 Å². The lowest BCUT2D eigenvalue weighted by Crippen LogP contribution is -2.14. The number of nitrogens with one attached hydrogen (secondary N) is 1. The topological polar surface area (TPSA) is 78.7 Å². The first kappa shape index (κ1) is 11.7. The number of aromatic nitrogens is 2. The van der Waals surface area contributed by atoms with Crippen LogP contribution in [-0.4, -0.2) is 15.9 Å². The van der Waals surface area contributed by atoms with E-state index in [1.165, 1.54) is 6.20 Å². The minimum Gasteiger partial charge on any atom is -0.324 e. The van der Waals surface area contributed by atoms with Gasteiger partial charge in [0.15, 0.2) is 0 Å². The Morgan fingerprint density at radius 1 is 1.33 bits per heavy atom. The highest BCUT2D eigenvalue weighted by Crippen LogP contribution is 2.06. The fraction of sp³-hybridized carbons (Fsp3) is 0.0769. The minimum absolute atomic E-state index is 0.167. The summed E-state index contributed by atoms with van der Waals surface area (Å²) in [4.78, 5) is 19.5. The number of nitrogens with zero attached hydrogens (tertiary/aromatic N) is 3. The molecule has 0 saturated heterocycles. The maximum atomic E-state index is 11.7. The van der Waals surface area contributed by atoms with Crippen LogP contribution >= 0.6 is 0 Å². The highest BCUT2D eigenvalue weighted by Gasteiger charge is 2.05. The number of anilines is 1. The van der Waals surface area contributed by atoms with Crippen molar-refractivity contribution in [3.05, 3.63) is 54.1 Å². The number of hydrogen-bond donors (Lipinski definition) is 1. The second-order valence-corrected chi connectivity index (χ2v) is 3.66. The molecule has 0 bridgehead atoms. The summed E-state index contributed by atoms with van der Waals surface area (Å²) in [6.07, 6.45) is 6.42. The fourth-order valence-corrected chi connectivity index (χ4v) is 1.47. The largest absolute Gasteiger partial charge is 0.324 e. The first-order chi connectivity index (χ1) is 8.78. The molecule has 1 N–H and O–H groups in total. The standard InChI is InChI=1S/C13H10N4O/c14-6-11-4-10(7-16-8-11)5-13(18)17-12-2-1-3-15-9-12/h1-4,7-9H,5H2,(H,17,18). The van der Waals surface area contributed by atoms with Crippen molar-refractivity contribution in [2.45, 2.75) is 6.42 Å². The molecule has 2 heterocycles. The van der Waals surface area contributed by atoms with E-state index in [-0.39, 0.29) is 12.3 Å². The van der Waals surface area contributed by atoms with E-state index in [1.807, 2.05) is 6.07 Å². The monoisotopic (exact) mass is 238 g/mol. The van der Waals surface area contributed by atoms with Gasteiger partial charge in [-0.1, -0.05) is 0 Å². The molecule has 0 atom stereocenters. The van der Waals surface area contributed by atoms with E-state index in [0.29, 0.717) is 16.8 Å². The van der Waals surface area contributed by atoms with E-state index in [2.05, 4.69) is 15.3 Å². The van der Waals surface area contributed by atoms with Crippen molar-refractivity contribution in [2.75, 3.05) is 5.32 Å². The van der Waals surface area contributed by atoms with Crippen molar-refractivity contribution < 1.29 is 4.79 Å². The molecule has 5 nitrogen and oxygen atoms in total. The zero-order valence-electron chi connectivity index (χ0n) is 9.50. The molecule has 0 radical (unpaired) electrons. The molecular formula is C13H10N4O. The van der Waals surface area contributed by atoms with Crippen LogP contribution in [0.1, 0.15) is 11.1 Å². The Morgan fingerprint density at radius 2 is 2.22 bits per heavy atom. The van der Waals surface area contributed by atoms with Gasteiger partial charge in [-0.05, 0) is 23.8 Å². The molecule has 0 saturated carbocycles. The summed E-state index contributed by atoms with van der Waals surface area (Å²) in [7, 11) is 0. The Hall–Kier alpha value is -2.74.